The lowest BCUT2D eigenvalue weighted by Crippen LogP contribution is -2.48. The number of hydrogen-bond acceptors (Lipinski definition) is 3. The average Bonchev–Trinajstić information content (AvgIpc) is 2.67. The van der Waals surface area contributed by atoms with Gasteiger partial charge in [0, 0.05) is 17.2 Å². The van der Waals surface area contributed by atoms with Crippen LogP contribution >= 0.6 is 45.8 Å². The van der Waals surface area contributed by atoms with Gasteiger partial charge in [0.05, 0.1) is 10.0 Å². The number of benzene rings is 2. The summed E-state index contributed by atoms with van der Waals surface area (Å²) in [4.78, 5) is 26.3. The van der Waals surface area contributed by atoms with Crippen LogP contribution in [0.15, 0.2) is 42.5 Å². The molecule has 0 aliphatic rings. The molecule has 0 fully saturated rings. The van der Waals surface area contributed by atoms with Crippen molar-refractivity contribution in [3.05, 3.63) is 61.6 Å². The number of amides is 2. The van der Waals surface area contributed by atoms with E-state index < -0.39 is 6.04 Å². The lowest BCUT2D eigenvalue weighted by molar-refractivity contribution is -0.142. The first-order valence-corrected chi connectivity index (χ1v) is 9.98. The molecule has 1 N–H and O–H groups in total. The van der Waals surface area contributed by atoms with Crippen molar-refractivity contribution in [1.29, 1.82) is 0 Å². The molecule has 2 aromatic carbocycles. The number of ether oxygens (including phenoxy) is 1. The number of rotatable bonds is 7. The van der Waals surface area contributed by atoms with E-state index >= 15 is 0 Å². The molecule has 27 heavy (non-hydrogen) atoms. The van der Waals surface area contributed by atoms with Crippen LogP contribution in [0.4, 0.5) is 0 Å². The first-order valence-electron chi connectivity index (χ1n) is 8.15. The highest BCUT2D eigenvalue weighted by molar-refractivity contribution is 14.1. The van der Waals surface area contributed by atoms with Gasteiger partial charge in [-0.3, -0.25) is 9.59 Å². The lowest BCUT2D eigenvalue weighted by Gasteiger charge is -2.28. The summed E-state index contributed by atoms with van der Waals surface area (Å²) in [6.45, 7) is 1.70. The highest BCUT2D eigenvalue weighted by atomic mass is 127. The second-order valence-corrected chi connectivity index (χ2v) is 7.86. The Morgan fingerprint density at radius 1 is 1.15 bits per heavy atom. The molecular weight excluding hydrogens is 502 g/mol. The van der Waals surface area contributed by atoms with Crippen molar-refractivity contribution in [1.82, 2.24) is 10.2 Å². The fraction of sp³-hybridized carbons (Fsp3) is 0.263. The Hall–Kier alpha value is -1.51. The molecule has 0 saturated carbocycles. The summed E-state index contributed by atoms with van der Waals surface area (Å²) in [5, 5.41) is 3.39. The molecule has 1 atom stereocenters. The van der Waals surface area contributed by atoms with Crippen molar-refractivity contribution in [2.75, 3.05) is 13.7 Å². The lowest BCUT2D eigenvalue weighted by atomic mass is 10.1. The summed E-state index contributed by atoms with van der Waals surface area (Å²) < 4.78 is 6.64. The van der Waals surface area contributed by atoms with E-state index in [1.54, 1.807) is 37.3 Å². The molecule has 0 unspecified atom stereocenters. The minimum Gasteiger partial charge on any atom is -0.484 e. The predicted octanol–water partition coefficient (Wildman–Crippen LogP) is 4.14. The van der Waals surface area contributed by atoms with Crippen LogP contribution in [0.2, 0.25) is 10.0 Å². The molecule has 0 aliphatic heterocycles. The number of halogens is 3. The van der Waals surface area contributed by atoms with Crippen LogP contribution in [0.25, 0.3) is 0 Å². The van der Waals surface area contributed by atoms with Crippen molar-refractivity contribution < 1.29 is 14.3 Å². The van der Waals surface area contributed by atoms with Gasteiger partial charge in [-0.15, -0.1) is 0 Å². The number of likely N-dealkylation sites (N-methyl/N-ethyl adjacent to an activating group) is 1. The fourth-order valence-electron chi connectivity index (χ4n) is 2.39. The number of nitrogens with zero attached hydrogens (tertiary/aromatic N) is 1. The zero-order chi connectivity index (χ0) is 20.0. The van der Waals surface area contributed by atoms with Gasteiger partial charge in [-0.05, 0) is 71.5 Å². The summed E-state index contributed by atoms with van der Waals surface area (Å²) in [7, 11) is 1.53. The third-order valence-corrected chi connectivity index (χ3v) is 5.38. The van der Waals surface area contributed by atoms with Crippen molar-refractivity contribution in [3.63, 3.8) is 0 Å². The van der Waals surface area contributed by atoms with E-state index in [2.05, 4.69) is 27.9 Å². The van der Waals surface area contributed by atoms with Crippen LogP contribution in [0, 0.1) is 3.57 Å². The van der Waals surface area contributed by atoms with Crippen LogP contribution in [0.5, 0.6) is 5.75 Å². The molecule has 0 aliphatic carbocycles. The summed E-state index contributed by atoms with van der Waals surface area (Å²) >= 11 is 14.2. The van der Waals surface area contributed by atoms with Gasteiger partial charge in [-0.25, -0.2) is 0 Å². The molecule has 0 aromatic heterocycles. The van der Waals surface area contributed by atoms with Gasteiger partial charge in [0.25, 0.3) is 5.91 Å². The zero-order valence-corrected chi connectivity index (χ0v) is 18.5. The SMILES string of the molecule is CNC(=O)[C@H](C)N(Cc1ccc(Cl)c(Cl)c1)C(=O)COc1ccc(I)cc1. The molecule has 5 nitrogen and oxygen atoms in total. The zero-order valence-electron chi connectivity index (χ0n) is 14.8. The molecule has 2 rings (SSSR count). The van der Waals surface area contributed by atoms with E-state index in [1.807, 2.05) is 12.1 Å². The topological polar surface area (TPSA) is 58.6 Å². The van der Waals surface area contributed by atoms with E-state index in [0.717, 1.165) is 9.13 Å². The van der Waals surface area contributed by atoms with E-state index in [9.17, 15) is 9.59 Å². The Morgan fingerprint density at radius 3 is 2.41 bits per heavy atom. The van der Waals surface area contributed by atoms with Crippen LogP contribution in [-0.4, -0.2) is 36.4 Å². The Bertz CT molecular complexity index is 815. The number of nitrogens with one attached hydrogen (secondary N) is 1. The minimum atomic E-state index is -0.669. The summed E-state index contributed by atoms with van der Waals surface area (Å²) in [6, 6.07) is 11.8. The summed E-state index contributed by atoms with van der Waals surface area (Å²) in [6.07, 6.45) is 0. The first-order chi connectivity index (χ1) is 12.8. The second kappa shape index (κ2) is 10.1. The monoisotopic (exact) mass is 520 g/mol. The Balaban J connectivity index is 2.14. The Kier molecular flexibility index (Phi) is 8.19. The van der Waals surface area contributed by atoms with Crippen molar-refractivity contribution in [2.24, 2.45) is 0 Å². The molecule has 0 radical (unpaired) electrons. The average molecular weight is 521 g/mol. The predicted molar refractivity (Wildman–Crippen MR) is 115 cm³/mol. The van der Waals surface area contributed by atoms with Gasteiger partial charge in [-0.1, -0.05) is 29.3 Å². The molecule has 0 bridgehead atoms. The molecular formula is C19H19Cl2IN2O3. The molecule has 2 amide bonds. The molecule has 144 valence electrons. The maximum absolute atomic E-state index is 12.8. The van der Waals surface area contributed by atoms with E-state index in [1.165, 1.54) is 11.9 Å². The van der Waals surface area contributed by atoms with Crippen molar-refractivity contribution in [3.8, 4) is 5.75 Å². The molecule has 2 aromatic rings. The number of carbonyl (C=O) groups is 2. The largest absolute Gasteiger partial charge is 0.484 e. The second-order valence-electron chi connectivity index (χ2n) is 5.80. The van der Waals surface area contributed by atoms with Gasteiger partial charge in [0.15, 0.2) is 6.61 Å². The Labute approximate surface area is 182 Å². The highest BCUT2D eigenvalue weighted by Crippen LogP contribution is 2.24. The molecule has 8 heteroatoms. The van der Waals surface area contributed by atoms with Gasteiger partial charge in [0.2, 0.25) is 5.91 Å². The quantitative estimate of drug-likeness (QED) is 0.558. The minimum absolute atomic E-state index is 0.177. The van der Waals surface area contributed by atoms with Crippen LogP contribution < -0.4 is 10.1 Å². The number of carbonyl (C=O) groups excluding carboxylic acids is 2. The summed E-state index contributed by atoms with van der Waals surface area (Å²) in [5.74, 6) is 0.0132. The van der Waals surface area contributed by atoms with Gasteiger partial charge < -0.3 is 15.0 Å². The highest BCUT2D eigenvalue weighted by Gasteiger charge is 2.26. The smallest absolute Gasteiger partial charge is 0.261 e. The Morgan fingerprint density at radius 2 is 1.81 bits per heavy atom. The molecule has 0 heterocycles. The fourth-order valence-corrected chi connectivity index (χ4v) is 3.07. The van der Waals surface area contributed by atoms with E-state index in [4.69, 9.17) is 27.9 Å². The standard InChI is InChI=1S/C19H19Cl2IN2O3/c1-12(19(26)23-2)24(10-13-3-8-16(20)17(21)9-13)18(25)11-27-15-6-4-14(22)5-7-15/h3-9,12H,10-11H2,1-2H3,(H,23,26)/t12-/m0/s1. The van der Waals surface area contributed by atoms with Crippen molar-refractivity contribution in [2.45, 2.75) is 19.5 Å². The van der Waals surface area contributed by atoms with Crippen molar-refractivity contribution >= 4 is 57.6 Å². The molecule has 0 saturated heterocycles. The van der Waals surface area contributed by atoms with E-state index in [-0.39, 0.29) is 25.0 Å². The maximum atomic E-state index is 12.8. The third-order valence-electron chi connectivity index (χ3n) is 3.93. The van der Waals surface area contributed by atoms with Crippen LogP contribution in [0.1, 0.15) is 12.5 Å². The van der Waals surface area contributed by atoms with Crippen LogP contribution in [0.3, 0.4) is 0 Å². The van der Waals surface area contributed by atoms with E-state index in [0.29, 0.717) is 15.8 Å². The first kappa shape index (κ1) is 21.8. The van der Waals surface area contributed by atoms with Crippen LogP contribution in [-0.2, 0) is 16.1 Å². The maximum Gasteiger partial charge on any atom is 0.261 e. The summed E-state index contributed by atoms with van der Waals surface area (Å²) in [5.41, 5.74) is 0.766. The van der Waals surface area contributed by atoms with Gasteiger partial charge in [0.1, 0.15) is 11.8 Å². The van der Waals surface area contributed by atoms with Gasteiger partial charge in [-0.2, -0.15) is 0 Å². The molecule has 0 spiro atoms. The third kappa shape index (κ3) is 6.26. The van der Waals surface area contributed by atoms with Gasteiger partial charge >= 0.3 is 0 Å². The number of hydrogen-bond donors (Lipinski definition) is 1. The normalized spacial score (nSPS) is 11.6.